The number of hydrogen-bond acceptors (Lipinski definition) is 1. The van der Waals surface area contributed by atoms with E-state index in [1.54, 1.807) is 6.07 Å². The summed E-state index contributed by atoms with van der Waals surface area (Å²) in [5, 5.41) is 9.13. The van der Waals surface area contributed by atoms with Crippen LogP contribution < -0.4 is 0 Å². The van der Waals surface area contributed by atoms with Gasteiger partial charge in [-0.1, -0.05) is 6.07 Å². The first-order valence-corrected chi connectivity index (χ1v) is 4.09. The van der Waals surface area contributed by atoms with Gasteiger partial charge in [0.15, 0.2) is 0 Å². The summed E-state index contributed by atoms with van der Waals surface area (Å²) in [6.45, 7) is 0. The molecule has 2 rings (SSSR count). The van der Waals surface area contributed by atoms with E-state index in [2.05, 4.69) is 6.07 Å². The average molecular weight is 147 g/mol. The van der Waals surface area contributed by atoms with E-state index in [1.807, 2.05) is 6.07 Å². The van der Waals surface area contributed by atoms with Crippen LogP contribution in [0.25, 0.3) is 0 Å². The highest BCUT2D eigenvalue weighted by Crippen LogP contribution is 2.23. The molecule has 0 bridgehead atoms. The molecular formula is C10H11O. The molecule has 1 aliphatic rings. The number of aromatic hydroxyl groups is 1. The standard InChI is InChI=1S/C10H11O/c11-10-6-5-8-3-1-2-4-9(8)7-10/h5-6,11H,1-4H2. The highest BCUT2D eigenvalue weighted by molar-refractivity contribution is 5.34. The lowest BCUT2D eigenvalue weighted by atomic mass is 9.92. The van der Waals surface area contributed by atoms with E-state index < -0.39 is 0 Å². The van der Waals surface area contributed by atoms with Gasteiger partial charge in [-0.25, -0.2) is 0 Å². The third-order valence-electron chi connectivity index (χ3n) is 2.23. The Labute approximate surface area is 66.7 Å². The summed E-state index contributed by atoms with van der Waals surface area (Å²) >= 11 is 0. The Hall–Kier alpha value is -0.980. The quantitative estimate of drug-likeness (QED) is 0.595. The van der Waals surface area contributed by atoms with Gasteiger partial charge >= 0.3 is 0 Å². The van der Waals surface area contributed by atoms with Gasteiger partial charge in [0.1, 0.15) is 5.75 Å². The second kappa shape index (κ2) is 2.57. The predicted molar refractivity (Wildman–Crippen MR) is 43.6 cm³/mol. The SMILES string of the molecule is Oc1[c]c2c(cc1)CCCC2. The van der Waals surface area contributed by atoms with Gasteiger partial charge in [-0.3, -0.25) is 0 Å². The first-order chi connectivity index (χ1) is 5.36. The van der Waals surface area contributed by atoms with Crippen molar-refractivity contribution >= 4 is 0 Å². The molecule has 0 aromatic heterocycles. The van der Waals surface area contributed by atoms with Crippen molar-refractivity contribution in [2.75, 3.05) is 0 Å². The molecule has 57 valence electrons. The van der Waals surface area contributed by atoms with Crippen LogP contribution in [0.3, 0.4) is 0 Å². The molecule has 0 amide bonds. The van der Waals surface area contributed by atoms with Crippen LogP contribution >= 0.6 is 0 Å². The fourth-order valence-electron chi connectivity index (χ4n) is 1.63. The molecule has 0 saturated carbocycles. The van der Waals surface area contributed by atoms with Gasteiger partial charge in [0.2, 0.25) is 0 Å². The van der Waals surface area contributed by atoms with Gasteiger partial charge < -0.3 is 5.11 Å². The molecule has 0 saturated heterocycles. The summed E-state index contributed by atoms with van der Waals surface area (Å²) in [5.41, 5.74) is 2.59. The number of aryl methyl sites for hydroxylation is 2. The number of fused-ring (bicyclic) bond motifs is 1. The van der Waals surface area contributed by atoms with Crippen LogP contribution in [-0.4, -0.2) is 5.11 Å². The topological polar surface area (TPSA) is 20.2 Å². The van der Waals surface area contributed by atoms with Crippen molar-refractivity contribution in [2.45, 2.75) is 25.7 Å². The molecule has 1 aliphatic carbocycles. The van der Waals surface area contributed by atoms with E-state index in [9.17, 15) is 0 Å². The smallest absolute Gasteiger partial charge is 0.123 e. The Morgan fingerprint density at radius 2 is 2.00 bits per heavy atom. The van der Waals surface area contributed by atoms with Crippen molar-refractivity contribution in [2.24, 2.45) is 0 Å². The highest BCUT2D eigenvalue weighted by atomic mass is 16.3. The summed E-state index contributed by atoms with van der Waals surface area (Å²) in [6.07, 6.45) is 4.77. The molecule has 1 aromatic rings. The third-order valence-corrected chi connectivity index (χ3v) is 2.23. The zero-order valence-corrected chi connectivity index (χ0v) is 6.43. The summed E-state index contributed by atoms with van der Waals surface area (Å²) in [6, 6.07) is 6.72. The summed E-state index contributed by atoms with van der Waals surface area (Å²) in [5.74, 6) is 0.283. The van der Waals surface area contributed by atoms with Gasteiger partial charge in [0, 0.05) is 6.07 Å². The lowest BCUT2D eigenvalue weighted by Gasteiger charge is -2.14. The number of benzene rings is 1. The molecule has 0 aliphatic heterocycles. The van der Waals surface area contributed by atoms with E-state index >= 15 is 0 Å². The van der Waals surface area contributed by atoms with Crippen molar-refractivity contribution in [1.82, 2.24) is 0 Å². The molecule has 11 heavy (non-hydrogen) atoms. The van der Waals surface area contributed by atoms with Crippen LogP contribution in [0.5, 0.6) is 5.75 Å². The van der Waals surface area contributed by atoms with E-state index in [0.717, 1.165) is 12.8 Å². The van der Waals surface area contributed by atoms with Crippen LogP contribution in [0.4, 0.5) is 0 Å². The second-order valence-electron chi connectivity index (χ2n) is 3.05. The van der Waals surface area contributed by atoms with Gasteiger partial charge in [-0.2, -0.15) is 0 Å². The van der Waals surface area contributed by atoms with Crippen LogP contribution in [0.2, 0.25) is 0 Å². The maximum Gasteiger partial charge on any atom is 0.123 e. The Bertz CT molecular complexity index is 266. The van der Waals surface area contributed by atoms with E-state index in [4.69, 9.17) is 5.11 Å². The third kappa shape index (κ3) is 1.23. The zero-order valence-electron chi connectivity index (χ0n) is 6.43. The lowest BCUT2D eigenvalue weighted by Crippen LogP contribution is -2.01. The van der Waals surface area contributed by atoms with Gasteiger partial charge in [-0.15, -0.1) is 0 Å². The first-order valence-electron chi connectivity index (χ1n) is 4.09. The molecule has 1 nitrogen and oxygen atoms in total. The van der Waals surface area contributed by atoms with E-state index in [-0.39, 0.29) is 5.75 Å². The largest absolute Gasteiger partial charge is 0.507 e. The monoisotopic (exact) mass is 147 g/mol. The van der Waals surface area contributed by atoms with Gasteiger partial charge in [0.05, 0.1) is 0 Å². The van der Waals surface area contributed by atoms with Crippen molar-refractivity contribution < 1.29 is 5.11 Å². The number of hydrogen-bond donors (Lipinski definition) is 1. The normalized spacial score (nSPS) is 16.0. The Kier molecular flexibility index (Phi) is 1.57. The zero-order chi connectivity index (χ0) is 7.68. The maximum atomic E-state index is 9.13. The molecule has 0 heterocycles. The van der Waals surface area contributed by atoms with Crippen molar-refractivity contribution in [3.05, 3.63) is 29.3 Å². The number of phenolic OH excluding ortho intramolecular Hbond substituents is 1. The van der Waals surface area contributed by atoms with Crippen molar-refractivity contribution in [3.63, 3.8) is 0 Å². The fourth-order valence-corrected chi connectivity index (χ4v) is 1.63. The van der Waals surface area contributed by atoms with Crippen LogP contribution in [-0.2, 0) is 12.8 Å². The van der Waals surface area contributed by atoms with Crippen LogP contribution in [0.15, 0.2) is 12.1 Å². The molecule has 1 radical (unpaired) electrons. The van der Waals surface area contributed by atoms with Crippen molar-refractivity contribution in [1.29, 1.82) is 0 Å². The molecule has 0 unspecified atom stereocenters. The lowest BCUT2D eigenvalue weighted by molar-refractivity contribution is 0.472. The maximum absolute atomic E-state index is 9.13. The molecule has 1 aromatic carbocycles. The summed E-state index contributed by atoms with van der Waals surface area (Å²) < 4.78 is 0. The predicted octanol–water partition coefficient (Wildman–Crippen LogP) is 2.07. The Balaban J connectivity index is 2.43. The minimum Gasteiger partial charge on any atom is -0.507 e. The van der Waals surface area contributed by atoms with Crippen LogP contribution in [0.1, 0.15) is 24.0 Å². The first kappa shape index (κ1) is 6.71. The van der Waals surface area contributed by atoms with Gasteiger partial charge in [0.25, 0.3) is 0 Å². The Morgan fingerprint density at radius 3 is 2.91 bits per heavy atom. The van der Waals surface area contributed by atoms with Gasteiger partial charge in [-0.05, 0) is 42.9 Å². The molecular weight excluding hydrogens is 136 g/mol. The Morgan fingerprint density at radius 1 is 1.18 bits per heavy atom. The average Bonchev–Trinajstić information content (AvgIpc) is 2.04. The molecule has 0 spiro atoms. The fraction of sp³-hybridized carbons (Fsp3) is 0.400. The van der Waals surface area contributed by atoms with E-state index in [1.165, 1.54) is 24.0 Å². The number of phenols is 1. The second-order valence-corrected chi connectivity index (χ2v) is 3.05. The van der Waals surface area contributed by atoms with Crippen LogP contribution in [0, 0.1) is 6.07 Å². The molecule has 1 N–H and O–H groups in total. The number of rotatable bonds is 0. The molecule has 1 heteroatoms. The summed E-state index contributed by atoms with van der Waals surface area (Å²) in [7, 11) is 0. The minimum atomic E-state index is 0.283. The molecule has 0 fully saturated rings. The van der Waals surface area contributed by atoms with Crippen molar-refractivity contribution in [3.8, 4) is 5.75 Å². The molecule has 0 atom stereocenters. The highest BCUT2D eigenvalue weighted by Gasteiger charge is 2.08. The minimum absolute atomic E-state index is 0.283. The summed E-state index contributed by atoms with van der Waals surface area (Å²) in [4.78, 5) is 0. The van der Waals surface area contributed by atoms with E-state index in [0.29, 0.717) is 0 Å².